The normalized spacial score (nSPS) is 19.3. The highest BCUT2D eigenvalue weighted by atomic mass is 16.7. The smallest absolute Gasteiger partial charge is 0.158 e. The van der Waals surface area contributed by atoms with E-state index in [9.17, 15) is 5.11 Å². The Bertz CT molecular complexity index is 225. The van der Waals surface area contributed by atoms with Crippen LogP contribution in [0.2, 0.25) is 0 Å². The first-order chi connectivity index (χ1) is 9.09. The Balaban J connectivity index is 2.27. The zero-order chi connectivity index (χ0) is 14.1. The van der Waals surface area contributed by atoms with Gasteiger partial charge in [-0.05, 0) is 20.9 Å². The van der Waals surface area contributed by atoms with Gasteiger partial charge in [0.25, 0.3) is 0 Å². The molecule has 0 atom stereocenters. The SMILES string of the molecule is CCOC(CCN(C)CC1(O)CCOCC1)OCC. The van der Waals surface area contributed by atoms with E-state index in [0.29, 0.717) is 33.0 Å². The number of likely N-dealkylation sites (N-methyl/N-ethyl adjacent to an activating group) is 1. The summed E-state index contributed by atoms with van der Waals surface area (Å²) in [5, 5.41) is 10.4. The van der Waals surface area contributed by atoms with E-state index in [0.717, 1.165) is 25.8 Å². The summed E-state index contributed by atoms with van der Waals surface area (Å²) < 4.78 is 16.3. The molecule has 1 aliphatic heterocycles. The molecule has 0 aromatic heterocycles. The summed E-state index contributed by atoms with van der Waals surface area (Å²) in [5.74, 6) is 0. The van der Waals surface area contributed by atoms with Crippen molar-refractivity contribution in [2.45, 2.75) is 45.0 Å². The van der Waals surface area contributed by atoms with Crippen molar-refractivity contribution in [1.29, 1.82) is 0 Å². The van der Waals surface area contributed by atoms with E-state index in [1.54, 1.807) is 0 Å². The maximum atomic E-state index is 10.4. The first kappa shape index (κ1) is 16.9. The van der Waals surface area contributed by atoms with Gasteiger partial charge >= 0.3 is 0 Å². The van der Waals surface area contributed by atoms with Gasteiger partial charge < -0.3 is 24.2 Å². The van der Waals surface area contributed by atoms with Crippen molar-refractivity contribution in [3.63, 3.8) is 0 Å². The van der Waals surface area contributed by atoms with Crippen LogP contribution in [-0.2, 0) is 14.2 Å². The molecule has 1 N–H and O–H groups in total. The lowest BCUT2D eigenvalue weighted by Gasteiger charge is -2.35. The van der Waals surface area contributed by atoms with Crippen molar-refractivity contribution in [3.05, 3.63) is 0 Å². The predicted molar refractivity (Wildman–Crippen MR) is 74.2 cm³/mol. The van der Waals surface area contributed by atoms with Gasteiger partial charge in [0.2, 0.25) is 0 Å². The summed E-state index contributed by atoms with van der Waals surface area (Å²) in [4.78, 5) is 2.15. The van der Waals surface area contributed by atoms with Crippen LogP contribution in [-0.4, -0.2) is 68.5 Å². The Morgan fingerprint density at radius 1 is 1.21 bits per heavy atom. The summed E-state index contributed by atoms with van der Waals surface area (Å²) in [6.45, 7) is 8.12. The second kappa shape index (κ2) is 8.87. The van der Waals surface area contributed by atoms with Gasteiger partial charge in [0.05, 0.1) is 5.60 Å². The number of ether oxygens (including phenoxy) is 3. The van der Waals surface area contributed by atoms with Crippen molar-refractivity contribution in [2.75, 3.05) is 46.6 Å². The summed E-state index contributed by atoms with van der Waals surface area (Å²) in [7, 11) is 2.03. The fourth-order valence-corrected chi connectivity index (χ4v) is 2.40. The number of hydrogen-bond acceptors (Lipinski definition) is 5. The van der Waals surface area contributed by atoms with Crippen LogP contribution >= 0.6 is 0 Å². The molecule has 1 fully saturated rings. The maximum absolute atomic E-state index is 10.4. The van der Waals surface area contributed by atoms with Gasteiger partial charge in [-0.3, -0.25) is 0 Å². The standard InChI is InChI=1S/C14H29NO4/c1-4-18-13(19-5-2)6-9-15(3)12-14(16)7-10-17-11-8-14/h13,16H,4-12H2,1-3H3. The Labute approximate surface area is 116 Å². The Hall–Kier alpha value is -0.200. The highest BCUT2D eigenvalue weighted by Crippen LogP contribution is 2.21. The summed E-state index contributed by atoms with van der Waals surface area (Å²) in [5.41, 5.74) is -0.597. The molecule has 19 heavy (non-hydrogen) atoms. The Kier molecular flexibility index (Phi) is 7.87. The van der Waals surface area contributed by atoms with E-state index < -0.39 is 5.60 Å². The van der Waals surface area contributed by atoms with Crippen LogP contribution < -0.4 is 0 Å². The number of rotatable bonds is 9. The van der Waals surface area contributed by atoms with Crippen molar-refractivity contribution in [3.8, 4) is 0 Å². The number of aliphatic hydroxyl groups is 1. The molecule has 1 aliphatic rings. The third kappa shape index (κ3) is 6.68. The van der Waals surface area contributed by atoms with Gasteiger partial charge in [-0.1, -0.05) is 0 Å². The van der Waals surface area contributed by atoms with Crippen LogP contribution in [0.3, 0.4) is 0 Å². The fraction of sp³-hybridized carbons (Fsp3) is 1.00. The first-order valence-electron chi connectivity index (χ1n) is 7.31. The highest BCUT2D eigenvalue weighted by molar-refractivity contribution is 4.84. The van der Waals surface area contributed by atoms with E-state index in [-0.39, 0.29) is 6.29 Å². The third-order valence-corrected chi connectivity index (χ3v) is 3.44. The molecule has 0 aromatic rings. The molecule has 0 aliphatic carbocycles. The maximum Gasteiger partial charge on any atom is 0.158 e. The molecule has 5 heteroatoms. The molecule has 5 nitrogen and oxygen atoms in total. The molecule has 0 unspecified atom stereocenters. The lowest BCUT2D eigenvalue weighted by atomic mass is 9.94. The van der Waals surface area contributed by atoms with Gasteiger partial charge in [0, 0.05) is 58.8 Å². The topological polar surface area (TPSA) is 51.2 Å². The monoisotopic (exact) mass is 275 g/mol. The molecule has 0 amide bonds. The molecule has 0 saturated carbocycles. The summed E-state index contributed by atoms with van der Waals surface area (Å²) >= 11 is 0. The quantitative estimate of drug-likeness (QED) is 0.642. The third-order valence-electron chi connectivity index (χ3n) is 3.44. The van der Waals surface area contributed by atoms with Gasteiger partial charge in [-0.15, -0.1) is 0 Å². The zero-order valence-corrected chi connectivity index (χ0v) is 12.6. The zero-order valence-electron chi connectivity index (χ0n) is 12.6. The van der Waals surface area contributed by atoms with Crippen LogP contribution in [0, 0.1) is 0 Å². The second-order valence-corrected chi connectivity index (χ2v) is 5.20. The lowest BCUT2D eigenvalue weighted by Crippen LogP contribution is -2.46. The molecule has 0 radical (unpaired) electrons. The van der Waals surface area contributed by atoms with Crippen LogP contribution in [0.5, 0.6) is 0 Å². The molecule has 0 aromatic carbocycles. The molecular weight excluding hydrogens is 246 g/mol. The first-order valence-corrected chi connectivity index (χ1v) is 7.31. The van der Waals surface area contributed by atoms with Crippen molar-refractivity contribution in [2.24, 2.45) is 0 Å². The van der Waals surface area contributed by atoms with Gasteiger partial charge in [0.15, 0.2) is 6.29 Å². The molecule has 1 saturated heterocycles. The largest absolute Gasteiger partial charge is 0.388 e. The van der Waals surface area contributed by atoms with Gasteiger partial charge in [-0.25, -0.2) is 0 Å². The van der Waals surface area contributed by atoms with E-state index >= 15 is 0 Å². The Morgan fingerprint density at radius 3 is 2.32 bits per heavy atom. The minimum Gasteiger partial charge on any atom is -0.388 e. The van der Waals surface area contributed by atoms with Gasteiger partial charge in [-0.2, -0.15) is 0 Å². The number of hydrogen-bond donors (Lipinski definition) is 1. The molecule has 0 spiro atoms. The molecular formula is C14H29NO4. The molecule has 1 rings (SSSR count). The molecule has 114 valence electrons. The molecule has 1 heterocycles. The number of nitrogens with zero attached hydrogens (tertiary/aromatic N) is 1. The van der Waals surface area contributed by atoms with Crippen molar-refractivity contribution in [1.82, 2.24) is 4.90 Å². The van der Waals surface area contributed by atoms with E-state index in [2.05, 4.69) is 4.90 Å². The fourth-order valence-electron chi connectivity index (χ4n) is 2.40. The lowest BCUT2D eigenvalue weighted by molar-refractivity contribution is -0.143. The van der Waals surface area contributed by atoms with Crippen LogP contribution in [0.15, 0.2) is 0 Å². The summed E-state index contributed by atoms with van der Waals surface area (Å²) in [6, 6.07) is 0. The van der Waals surface area contributed by atoms with Crippen molar-refractivity contribution >= 4 is 0 Å². The van der Waals surface area contributed by atoms with Crippen molar-refractivity contribution < 1.29 is 19.3 Å². The van der Waals surface area contributed by atoms with E-state index in [4.69, 9.17) is 14.2 Å². The minimum absolute atomic E-state index is 0.137. The average molecular weight is 275 g/mol. The average Bonchev–Trinajstić information content (AvgIpc) is 2.37. The predicted octanol–water partition coefficient (Wildman–Crippen LogP) is 1.25. The molecule has 0 bridgehead atoms. The highest BCUT2D eigenvalue weighted by Gasteiger charge is 2.31. The van der Waals surface area contributed by atoms with Crippen LogP contribution in [0.25, 0.3) is 0 Å². The second-order valence-electron chi connectivity index (χ2n) is 5.20. The Morgan fingerprint density at radius 2 is 1.79 bits per heavy atom. The summed E-state index contributed by atoms with van der Waals surface area (Å²) in [6.07, 6.45) is 2.13. The van der Waals surface area contributed by atoms with E-state index in [1.807, 2.05) is 20.9 Å². The van der Waals surface area contributed by atoms with Crippen LogP contribution in [0.4, 0.5) is 0 Å². The van der Waals surface area contributed by atoms with Crippen LogP contribution in [0.1, 0.15) is 33.1 Å². The minimum atomic E-state index is -0.597. The van der Waals surface area contributed by atoms with E-state index in [1.165, 1.54) is 0 Å². The van der Waals surface area contributed by atoms with Gasteiger partial charge in [0.1, 0.15) is 0 Å².